The Morgan fingerprint density at radius 2 is 1.86 bits per heavy atom. The van der Waals surface area contributed by atoms with Gasteiger partial charge in [-0.3, -0.25) is 0 Å². The number of hydrogen-bond acceptors (Lipinski definition) is 0. The van der Waals surface area contributed by atoms with E-state index in [0.29, 0.717) is 0 Å². The summed E-state index contributed by atoms with van der Waals surface area (Å²) in [4.78, 5) is 0. The minimum absolute atomic E-state index is 0. The van der Waals surface area contributed by atoms with Crippen LogP contribution in [0.25, 0.3) is 0 Å². The van der Waals surface area contributed by atoms with Crippen molar-refractivity contribution in [2.75, 3.05) is 0 Å². The first kappa shape index (κ1) is 10.7. The quantitative estimate of drug-likeness (QED) is 0.507. The molecule has 0 aliphatic rings. The van der Waals surface area contributed by atoms with Gasteiger partial charge in [-0.15, -0.1) is 0 Å². The summed E-state index contributed by atoms with van der Waals surface area (Å²) < 4.78 is 0. The predicted octanol–water partition coefficient (Wildman–Crippen LogP) is 2.25. The molecule has 7 heavy (non-hydrogen) atoms. The SMILES string of the molecule is [CH2]CCC(C)C.[Ti]. The van der Waals surface area contributed by atoms with Crippen molar-refractivity contribution in [2.24, 2.45) is 5.92 Å². The molecule has 0 aromatic heterocycles. The van der Waals surface area contributed by atoms with Crippen LogP contribution in [0, 0.1) is 12.8 Å². The standard InChI is InChI=1S/C6H13.Ti/c1-4-5-6(2)3;/h6H,1,4-5H2,2-3H3;. The fourth-order valence-electron chi connectivity index (χ4n) is 0.408. The minimum atomic E-state index is 0. The molecule has 1 heteroatoms. The molecule has 1 radical (unpaired) electrons. The summed E-state index contributed by atoms with van der Waals surface area (Å²) in [6, 6.07) is 0. The van der Waals surface area contributed by atoms with Gasteiger partial charge in [-0.2, -0.15) is 0 Å². The van der Waals surface area contributed by atoms with E-state index in [2.05, 4.69) is 20.8 Å². The van der Waals surface area contributed by atoms with Crippen LogP contribution < -0.4 is 0 Å². The summed E-state index contributed by atoms with van der Waals surface area (Å²) in [5, 5.41) is 0. The molecule has 0 nitrogen and oxygen atoms in total. The Labute approximate surface area is 61.6 Å². The maximum absolute atomic E-state index is 3.73. The van der Waals surface area contributed by atoms with Crippen LogP contribution in [-0.4, -0.2) is 0 Å². The number of hydrogen-bond donors (Lipinski definition) is 0. The third-order valence-corrected chi connectivity index (χ3v) is 0.781. The minimum Gasteiger partial charge on any atom is -0.0628 e. The second kappa shape index (κ2) is 6.71. The van der Waals surface area contributed by atoms with Crippen molar-refractivity contribution in [1.82, 2.24) is 0 Å². The molecule has 0 aliphatic carbocycles. The van der Waals surface area contributed by atoms with Crippen molar-refractivity contribution >= 4 is 0 Å². The zero-order valence-corrected chi connectivity index (χ0v) is 6.76. The Balaban J connectivity index is 0. The summed E-state index contributed by atoms with van der Waals surface area (Å²) >= 11 is 0. The maximum Gasteiger partial charge on any atom is 0 e. The van der Waals surface area contributed by atoms with E-state index in [1.54, 1.807) is 0 Å². The first-order valence-electron chi connectivity index (χ1n) is 2.56. The van der Waals surface area contributed by atoms with Crippen LogP contribution in [0.1, 0.15) is 26.7 Å². The Hall–Kier alpha value is 0.714. The summed E-state index contributed by atoms with van der Waals surface area (Å²) in [7, 11) is 0. The maximum atomic E-state index is 3.73. The van der Waals surface area contributed by atoms with E-state index >= 15 is 0 Å². The van der Waals surface area contributed by atoms with Gasteiger partial charge in [0, 0.05) is 21.7 Å². The molecule has 0 N–H and O–H groups in total. The monoisotopic (exact) mass is 133 g/mol. The molecular formula is C6H13Ti. The van der Waals surface area contributed by atoms with Crippen molar-refractivity contribution in [2.45, 2.75) is 26.7 Å². The Kier molecular flexibility index (Phi) is 10.2. The van der Waals surface area contributed by atoms with Gasteiger partial charge in [0.1, 0.15) is 0 Å². The van der Waals surface area contributed by atoms with Gasteiger partial charge in [-0.25, -0.2) is 0 Å². The van der Waals surface area contributed by atoms with Gasteiger partial charge in [0.2, 0.25) is 0 Å². The zero-order valence-electron chi connectivity index (χ0n) is 5.20. The molecule has 0 aromatic carbocycles. The molecule has 0 saturated heterocycles. The van der Waals surface area contributed by atoms with Crippen LogP contribution in [0.2, 0.25) is 0 Å². The molecule has 0 saturated carbocycles. The van der Waals surface area contributed by atoms with E-state index in [1.807, 2.05) is 0 Å². The van der Waals surface area contributed by atoms with Crippen LogP contribution in [0.15, 0.2) is 0 Å². The first-order chi connectivity index (χ1) is 2.77. The fourth-order valence-corrected chi connectivity index (χ4v) is 0.408. The second-order valence-electron chi connectivity index (χ2n) is 2.04. The molecule has 0 unspecified atom stereocenters. The van der Waals surface area contributed by atoms with Gasteiger partial charge in [0.25, 0.3) is 0 Å². The molecule has 0 amide bonds. The fraction of sp³-hybridized carbons (Fsp3) is 0.833. The molecule has 0 atom stereocenters. The van der Waals surface area contributed by atoms with E-state index in [9.17, 15) is 0 Å². The van der Waals surface area contributed by atoms with Crippen LogP contribution in [0.5, 0.6) is 0 Å². The van der Waals surface area contributed by atoms with Gasteiger partial charge < -0.3 is 0 Å². The average molecular weight is 133 g/mol. The van der Waals surface area contributed by atoms with Crippen molar-refractivity contribution < 1.29 is 21.7 Å². The van der Waals surface area contributed by atoms with Crippen LogP contribution in [-0.2, 0) is 21.7 Å². The second-order valence-corrected chi connectivity index (χ2v) is 2.04. The molecule has 0 aliphatic heterocycles. The summed E-state index contributed by atoms with van der Waals surface area (Å²) in [6.07, 6.45) is 2.34. The topological polar surface area (TPSA) is 0 Å². The number of rotatable bonds is 2. The summed E-state index contributed by atoms with van der Waals surface area (Å²) in [5.74, 6) is 0.836. The van der Waals surface area contributed by atoms with E-state index in [-0.39, 0.29) is 21.7 Å². The van der Waals surface area contributed by atoms with Gasteiger partial charge in [-0.1, -0.05) is 33.6 Å². The molecule has 0 spiro atoms. The third-order valence-electron chi connectivity index (χ3n) is 0.781. The van der Waals surface area contributed by atoms with Crippen molar-refractivity contribution in [3.63, 3.8) is 0 Å². The molecule has 0 bridgehead atoms. The van der Waals surface area contributed by atoms with Crippen molar-refractivity contribution in [3.8, 4) is 0 Å². The van der Waals surface area contributed by atoms with Crippen molar-refractivity contribution in [3.05, 3.63) is 6.92 Å². The first-order valence-corrected chi connectivity index (χ1v) is 2.56. The van der Waals surface area contributed by atoms with Crippen molar-refractivity contribution in [1.29, 1.82) is 0 Å². The molecule has 0 aromatic rings. The average Bonchev–Trinajstić information content (AvgIpc) is 1.35. The Bertz CT molecular complexity index is 25.4. The smallest absolute Gasteiger partial charge is 0 e. The zero-order chi connectivity index (χ0) is 4.99. The van der Waals surface area contributed by atoms with E-state index in [0.717, 1.165) is 12.3 Å². The summed E-state index contributed by atoms with van der Waals surface area (Å²) in [5.41, 5.74) is 0. The largest absolute Gasteiger partial charge is 0.0628 e. The third kappa shape index (κ3) is 10.8. The van der Waals surface area contributed by atoms with E-state index in [4.69, 9.17) is 0 Å². The van der Waals surface area contributed by atoms with Gasteiger partial charge in [0.15, 0.2) is 0 Å². The molecule has 0 fully saturated rings. The molecule has 0 rings (SSSR count). The summed E-state index contributed by atoms with van der Waals surface area (Å²) in [6.45, 7) is 8.15. The Morgan fingerprint density at radius 1 is 1.43 bits per heavy atom. The Morgan fingerprint density at radius 3 is 1.86 bits per heavy atom. The van der Waals surface area contributed by atoms with Gasteiger partial charge in [0.05, 0.1) is 0 Å². The molecular weight excluding hydrogens is 120 g/mol. The predicted molar refractivity (Wildman–Crippen MR) is 29.4 cm³/mol. The van der Waals surface area contributed by atoms with Crippen LogP contribution >= 0.6 is 0 Å². The molecule has 41 valence electrons. The van der Waals surface area contributed by atoms with E-state index < -0.39 is 0 Å². The van der Waals surface area contributed by atoms with Gasteiger partial charge in [-0.05, 0) is 5.92 Å². The van der Waals surface area contributed by atoms with Crippen LogP contribution in [0.3, 0.4) is 0 Å². The normalized spacial score (nSPS) is 8.57. The van der Waals surface area contributed by atoms with Crippen LogP contribution in [0.4, 0.5) is 0 Å². The van der Waals surface area contributed by atoms with Gasteiger partial charge >= 0.3 is 0 Å². The molecule has 0 heterocycles. The van der Waals surface area contributed by atoms with E-state index in [1.165, 1.54) is 6.42 Å².